The van der Waals surface area contributed by atoms with E-state index in [1.807, 2.05) is 13.0 Å². The van der Waals surface area contributed by atoms with Crippen LogP contribution in [0.15, 0.2) is 23.7 Å². The number of benzene rings is 1. The van der Waals surface area contributed by atoms with Gasteiger partial charge in [-0.05, 0) is 17.9 Å². The minimum Gasteiger partial charge on any atom is -0.565 e. The number of hydrogen-bond donors (Lipinski definition) is 4. The summed E-state index contributed by atoms with van der Waals surface area (Å²) in [6, 6.07) is 3.29. The molecule has 36 heavy (non-hydrogen) atoms. The molecule has 1 saturated heterocycles. The number of hydrogen-bond acceptors (Lipinski definition) is 7. The molecule has 3 amide bonds. The Morgan fingerprint density at radius 3 is 2.53 bits per heavy atom. The third-order valence-corrected chi connectivity index (χ3v) is 6.57. The number of aryl methyl sites for hydroxylation is 1. The number of amides is 3. The molecule has 13 heteroatoms. The van der Waals surface area contributed by atoms with E-state index < -0.39 is 35.4 Å². The molecule has 0 bridgehead atoms. The van der Waals surface area contributed by atoms with Gasteiger partial charge in [0.1, 0.15) is 6.04 Å². The van der Waals surface area contributed by atoms with Crippen LogP contribution in [0.3, 0.4) is 0 Å². The van der Waals surface area contributed by atoms with Gasteiger partial charge in [-0.1, -0.05) is 33.4 Å². The summed E-state index contributed by atoms with van der Waals surface area (Å²) in [7, 11) is 0. The molecule has 4 N–H and O–H groups in total. The number of aliphatic hydroxyl groups is 1. The largest absolute Gasteiger partial charge is 0.565 e. The molecule has 9 nitrogen and oxygen atoms in total. The van der Waals surface area contributed by atoms with Crippen molar-refractivity contribution in [1.29, 1.82) is 0 Å². The molecule has 193 valence electrons. The number of thiazole rings is 1. The fourth-order valence-corrected chi connectivity index (χ4v) is 4.61. The second-order valence-electron chi connectivity index (χ2n) is 9.13. The van der Waals surface area contributed by atoms with Crippen LogP contribution in [0.1, 0.15) is 38.4 Å². The maximum absolute atomic E-state index is 13.1. The van der Waals surface area contributed by atoms with Crippen LogP contribution in [0, 0.1) is 18.9 Å². The van der Waals surface area contributed by atoms with E-state index in [1.54, 1.807) is 44.8 Å². The second kappa shape index (κ2) is 13.5. The molecule has 1 fully saturated rings. The van der Waals surface area contributed by atoms with E-state index >= 15 is 0 Å². The van der Waals surface area contributed by atoms with Gasteiger partial charge in [0.15, 0.2) is 0 Å². The fourth-order valence-electron chi connectivity index (χ4n) is 3.81. The number of phenolic OH excluding ortho intramolecular Hbond substituents is 1. The number of phenols is 1. The van der Waals surface area contributed by atoms with Crippen molar-refractivity contribution in [1.82, 2.24) is 20.5 Å². The van der Waals surface area contributed by atoms with E-state index in [0.717, 1.165) is 16.1 Å². The van der Waals surface area contributed by atoms with Gasteiger partial charge in [0.2, 0.25) is 11.8 Å². The molecule has 1 radical (unpaired) electrons. The van der Waals surface area contributed by atoms with Gasteiger partial charge in [0.25, 0.3) is 0 Å². The van der Waals surface area contributed by atoms with Crippen LogP contribution < -0.4 is 10.6 Å². The summed E-state index contributed by atoms with van der Waals surface area (Å²) in [4.78, 5) is 43.3. The standard InChI is InChI=1S/C23H28N4O5S.Re.Rf.W/c1-13-19(33-12-26-13)14-5-6-15(18(30)7-14)9-24-21(31)17-8-16(29)10-27(17)22(32)20(25-11-28)23(2,3)4;;;/h5-7,9,12,16-17,20,29-30H,8,10H2,1-4H3,(H,24,31)(H,25,28);;;/q-2;;;. The van der Waals surface area contributed by atoms with Gasteiger partial charge in [-0.15, -0.1) is 23.0 Å². The van der Waals surface area contributed by atoms with Gasteiger partial charge in [-0.2, -0.15) is 12.5 Å². The molecule has 3 rings (SSSR count). The number of aromatic nitrogens is 1. The monoisotopic (exact) mass is 1110 g/mol. The summed E-state index contributed by atoms with van der Waals surface area (Å²) in [5.74, 6) is -0.974. The van der Waals surface area contributed by atoms with Gasteiger partial charge < -0.3 is 30.5 Å². The molecule has 1 aliphatic rings. The maximum atomic E-state index is 13.1. The van der Waals surface area contributed by atoms with Crippen LogP contribution in [0.2, 0.25) is 0 Å². The topological polar surface area (TPSA) is 132 Å². The quantitative estimate of drug-likeness (QED) is 0.246. The minimum absolute atomic E-state index is 0. The van der Waals surface area contributed by atoms with Crippen molar-refractivity contribution in [3.63, 3.8) is 0 Å². The number of β-amino-alcohol motifs (C(OH)–C–C–N with tert-alkyl or cyclic N) is 1. The van der Waals surface area contributed by atoms with Crippen LogP contribution in [-0.2, 0) is 55.9 Å². The molecule has 3 atom stereocenters. The van der Waals surface area contributed by atoms with Crippen LogP contribution in [0.25, 0.3) is 10.4 Å². The first-order chi connectivity index (χ1) is 15.5. The van der Waals surface area contributed by atoms with Crippen molar-refractivity contribution in [3.05, 3.63) is 41.5 Å². The van der Waals surface area contributed by atoms with E-state index in [-0.39, 0.29) is 60.2 Å². The first kappa shape index (κ1) is 33.2. The molecule has 1 aliphatic heterocycles. The average Bonchev–Trinajstić information content (AvgIpc) is 3.35. The van der Waals surface area contributed by atoms with E-state index in [4.69, 9.17) is 0 Å². The maximum Gasteiger partial charge on any atom is 0.243 e. The number of nitrogens with zero attached hydrogens (tertiary/aromatic N) is 2. The molecule has 0 spiro atoms. The third-order valence-electron chi connectivity index (χ3n) is 5.59. The Morgan fingerprint density at radius 1 is 1.33 bits per heavy atom. The van der Waals surface area contributed by atoms with Crippen LogP contribution >= 0.6 is 11.3 Å². The Morgan fingerprint density at radius 2 is 2.00 bits per heavy atom. The zero-order valence-corrected chi connectivity index (χ0v) is 33.3. The molecule has 0 saturated carbocycles. The normalized spacial score (nSPS) is 17.5. The van der Waals surface area contributed by atoms with Crippen molar-refractivity contribution < 1.29 is 66.1 Å². The van der Waals surface area contributed by atoms with Crippen molar-refractivity contribution in [3.8, 4) is 16.2 Å². The predicted molar refractivity (Wildman–Crippen MR) is 124 cm³/mol. The summed E-state index contributed by atoms with van der Waals surface area (Å²) >= 11 is 1.47. The Bertz CT molecular complexity index is 1050. The average molecular weight is 1110 g/mol. The molecule has 0 aliphatic carbocycles. The molecular formula is C23H28N4O5ReRfSW-2. The van der Waals surface area contributed by atoms with E-state index in [9.17, 15) is 24.6 Å². The molecule has 2 heterocycles. The second-order valence-corrected chi connectivity index (χ2v) is 9.99. The minimum atomic E-state index is -0.914. The van der Waals surface area contributed by atoms with Gasteiger partial charge in [-0.25, -0.2) is 4.98 Å². The number of likely N-dealkylation sites (tertiary alicyclic amines) is 1. The van der Waals surface area contributed by atoms with Crippen molar-refractivity contribution in [2.45, 2.75) is 52.3 Å². The number of rotatable bonds is 7. The first-order valence-corrected chi connectivity index (χ1v) is 11.4. The van der Waals surface area contributed by atoms with Gasteiger partial charge in [0, 0.05) is 60.2 Å². The van der Waals surface area contributed by atoms with E-state index in [0.29, 0.717) is 5.56 Å². The third kappa shape index (κ3) is 7.37. The Labute approximate surface area is 237 Å². The molecule has 2 aromatic rings. The number of aromatic hydroxyl groups is 1. The van der Waals surface area contributed by atoms with Gasteiger partial charge in [0.05, 0.1) is 28.2 Å². The molecular weight excluding hydrogens is 1080 g/mol. The first-order valence-electron chi connectivity index (χ1n) is 10.5. The van der Waals surface area contributed by atoms with Gasteiger partial charge >= 0.3 is 0 Å². The predicted octanol–water partition coefficient (Wildman–Crippen LogP) is 1.48. The summed E-state index contributed by atoms with van der Waals surface area (Å²) in [6.45, 7) is 8.60. The van der Waals surface area contributed by atoms with Crippen molar-refractivity contribution in [2.75, 3.05) is 6.54 Å². The summed E-state index contributed by atoms with van der Waals surface area (Å²) in [5, 5.41) is 25.6. The molecule has 1 aromatic heterocycles. The molecule has 1 aromatic carbocycles. The number of carbonyl (C=O) groups excluding carboxylic acids is 3. The van der Waals surface area contributed by atoms with Gasteiger partial charge in [-0.3, -0.25) is 9.59 Å². The summed E-state index contributed by atoms with van der Waals surface area (Å²) < 4.78 is 0. The van der Waals surface area contributed by atoms with Crippen LogP contribution in [0.4, 0.5) is 0 Å². The molecule has 3 unspecified atom stereocenters. The van der Waals surface area contributed by atoms with Crippen molar-refractivity contribution >= 4 is 29.6 Å². The number of carbonyl (C=O) groups is 2. The fraction of sp³-hybridized carbons (Fsp3) is 0.435. The smallest absolute Gasteiger partial charge is 0.243 e. The SMILES string of the molecule is Cc1ncsc1-c1ccc([CH-]NC(=O)C2CC(O)CN2C(=O)C(N[C-]=O)C(C)(C)C)c(O)c1.[Re].[Rf].[W]. The summed E-state index contributed by atoms with van der Waals surface area (Å²) in [5.41, 5.74) is 3.20. The Kier molecular flexibility index (Phi) is 12.5. The van der Waals surface area contributed by atoms with Crippen molar-refractivity contribution in [2.24, 2.45) is 5.41 Å². The Hall–Kier alpha value is -2.76. The Balaban J connectivity index is 0.00000408. The van der Waals surface area contributed by atoms with E-state index in [2.05, 4.69) is 15.6 Å². The number of aliphatic hydroxyl groups excluding tert-OH is 1. The zero-order valence-electron chi connectivity index (χ0n) is 20.4. The van der Waals surface area contributed by atoms with E-state index in [1.165, 1.54) is 22.8 Å². The van der Waals surface area contributed by atoms with Crippen LogP contribution in [-0.4, -0.2) is 63.1 Å². The zero-order chi connectivity index (χ0) is 24.3. The number of nitrogens with one attached hydrogen (secondary N) is 2. The summed E-state index contributed by atoms with van der Waals surface area (Å²) in [6.07, 6.45) is 0.769. The van der Waals surface area contributed by atoms with Crippen LogP contribution in [0.5, 0.6) is 5.75 Å².